The molecule has 0 aromatic heterocycles. The van der Waals surface area contributed by atoms with Crippen LogP contribution < -0.4 is 10.1 Å². The van der Waals surface area contributed by atoms with Crippen molar-refractivity contribution in [2.24, 2.45) is 4.99 Å². The van der Waals surface area contributed by atoms with Crippen LogP contribution in [0.4, 0.5) is 11.4 Å². The summed E-state index contributed by atoms with van der Waals surface area (Å²) >= 11 is 13.4. The molecule has 1 heterocycles. The Morgan fingerprint density at radius 3 is 2.63 bits per heavy atom. The predicted molar refractivity (Wildman–Crippen MR) is 123 cm³/mol. The first-order valence-electron chi connectivity index (χ1n) is 9.28. The molecule has 1 aliphatic rings. The maximum Gasteiger partial charge on any atom is 0.242 e. The molecule has 9 heteroatoms. The standard InChI is InChI=1S/C21H21Cl2N3O3S/c1-4-26-20(28)18(11-19(27)24-15-9-13(22)6-5-12(15)2)30-21(26)25-16-10-14(23)7-8-17(16)29-3/h5-10,18H,4,11H2,1-3H3,(H,24,27)/t18-/m1/s1. The van der Waals surface area contributed by atoms with Crippen LogP contribution in [0.5, 0.6) is 5.75 Å². The van der Waals surface area contributed by atoms with Gasteiger partial charge in [-0.25, -0.2) is 4.99 Å². The van der Waals surface area contributed by atoms with Crippen molar-refractivity contribution in [2.75, 3.05) is 19.0 Å². The van der Waals surface area contributed by atoms with Crippen molar-refractivity contribution in [2.45, 2.75) is 25.5 Å². The highest BCUT2D eigenvalue weighted by atomic mass is 35.5. The van der Waals surface area contributed by atoms with Crippen molar-refractivity contribution in [3.8, 4) is 5.75 Å². The van der Waals surface area contributed by atoms with E-state index in [2.05, 4.69) is 10.3 Å². The van der Waals surface area contributed by atoms with Gasteiger partial charge in [0.05, 0.1) is 7.11 Å². The summed E-state index contributed by atoms with van der Waals surface area (Å²) in [5.74, 6) is 0.137. The highest BCUT2D eigenvalue weighted by Gasteiger charge is 2.38. The number of methoxy groups -OCH3 is 1. The zero-order valence-corrected chi connectivity index (χ0v) is 19.1. The number of amidine groups is 1. The summed E-state index contributed by atoms with van der Waals surface area (Å²) in [5, 5.41) is 3.83. The van der Waals surface area contributed by atoms with Crippen LogP contribution in [0.2, 0.25) is 10.0 Å². The number of rotatable bonds is 6. The first-order chi connectivity index (χ1) is 14.3. The van der Waals surface area contributed by atoms with E-state index in [4.69, 9.17) is 27.9 Å². The molecular weight excluding hydrogens is 445 g/mol. The number of halogens is 2. The van der Waals surface area contributed by atoms with Crippen molar-refractivity contribution in [3.63, 3.8) is 0 Å². The molecule has 2 amide bonds. The van der Waals surface area contributed by atoms with Gasteiger partial charge in [-0.3, -0.25) is 14.5 Å². The summed E-state index contributed by atoms with van der Waals surface area (Å²) in [5.41, 5.74) is 2.05. The van der Waals surface area contributed by atoms with Gasteiger partial charge in [0.25, 0.3) is 0 Å². The van der Waals surface area contributed by atoms with Gasteiger partial charge in [0.2, 0.25) is 11.8 Å². The van der Waals surface area contributed by atoms with Crippen molar-refractivity contribution < 1.29 is 14.3 Å². The number of carbonyl (C=O) groups excluding carboxylic acids is 2. The normalized spacial score (nSPS) is 17.5. The number of ether oxygens (including phenoxy) is 1. The minimum atomic E-state index is -0.562. The number of hydrogen-bond acceptors (Lipinski definition) is 5. The largest absolute Gasteiger partial charge is 0.494 e. The Balaban J connectivity index is 1.78. The smallest absolute Gasteiger partial charge is 0.242 e. The van der Waals surface area contributed by atoms with Crippen molar-refractivity contribution >= 4 is 63.3 Å². The van der Waals surface area contributed by atoms with Gasteiger partial charge in [0, 0.05) is 28.7 Å². The maximum atomic E-state index is 12.8. The molecule has 1 aliphatic heterocycles. The third-order valence-corrected chi connectivity index (χ3v) is 6.18. The van der Waals surface area contributed by atoms with E-state index >= 15 is 0 Å². The average Bonchev–Trinajstić information content (AvgIpc) is 2.99. The summed E-state index contributed by atoms with van der Waals surface area (Å²) in [4.78, 5) is 31.5. The SMILES string of the molecule is CCN1C(=O)[C@@H](CC(=O)Nc2cc(Cl)ccc2C)SC1=Nc1cc(Cl)ccc1OC. The Kier molecular flexibility index (Phi) is 7.28. The molecule has 3 rings (SSSR count). The Hall–Kier alpha value is -2.22. The number of aliphatic imine (C=N–C) groups is 1. The first kappa shape index (κ1) is 22.5. The second-order valence-corrected chi connectivity index (χ2v) is 8.65. The third-order valence-electron chi connectivity index (χ3n) is 4.54. The van der Waals surface area contributed by atoms with Crippen molar-refractivity contribution in [1.82, 2.24) is 4.90 Å². The van der Waals surface area contributed by atoms with Crippen molar-refractivity contribution in [3.05, 3.63) is 52.0 Å². The molecule has 0 unspecified atom stereocenters. The third kappa shape index (κ3) is 5.09. The van der Waals surface area contributed by atoms with E-state index in [0.717, 1.165) is 5.56 Å². The lowest BCUT2D eigenvalue weighted by Crippen LogP contribution is -2.33. The fourth-order valence-electron chi connectivity index (χ4n) is 2.97. The van der Waals surface area contributed by atoms with Gasteiger partial charge < -0.3 is 10.1 Å². The molecule has 1 atom stereocenters. The molecule has 1 N–H and O–H groups in total. The van der Waals surface area contributed by atoms with Crippen LogP contribution in [0.25, 0.3) is 0 Å². The van der Waals surface area contributed by atoms with E-state index in [-0.39, 0.29) is 18.2 Å². The molecule has 2 aromatic rings. The highest BCUT2D eigenvalue weighted by molar-refractivity contribution is 8.15. The van der Waals surface area contributed by atoms with Gasteiger partial charge in [-0.2, -0.15) is 0 Å². The van der Waals surface area contributed by atoms with E-state index in [1.165, 1.54) is 11.8 Å². The molecule has 0 spiro atoms. The quantitative estimate of drug-likeness (QED) is 0.628. The summed E-state index contributed by atoms with van der Waals surface area (Å²) < 4.78 is 5.33. The van der Waals surface area contributed by atoms with Gasteiger partial charge in [0.15, 0.2) is 5.17 Å². The summed E-state index contributed by atoms with van der Waals surface area (Å²) in [6.45, 7) is 4.18. The van der Waals surface area contributed by atoms with Crippen LogP contribution in [0.3, 0.4) is 0 Å². The summed E-state index contributed by atoms with van der Waals surface area (Å²) in [7, 11) is 1.54. The number of thioether (sulfide) groups is 1. The number of carbonyl (C=O) groups is 2. The number of aryl methyl sites for hydroxylation is 1. The number of amides is 2. The van der Waals surface area contributed by atoms with Crippen molar-refractivity contribution in [1.29, 1.82) is 0 Å². The van der Waals surface area contributed by atoms with E-state index in [1.54, 1.807) is 42.3 Å². The van der Waals surface area contributed by atoms with Crippen LogP contribution in [0.1, 0.15) is 18.9 Å². The number of hydrogen-bond donors (Lipinski definition) is 1. The molecule has 2 aromatic carbocycles. The van der Waals surface area contributed by atoms with Gasteiger partial charge in [-0.05, 0) is 49.7 Å². The molecule has 0 saturated carbocycles. The zero-order chi connectivity index (χ0) is 21.8. The fourth-order valence-corrected chi connectivity index (χ4v) is 4.52. The van der Waals surface area contributed by atoms with Gasteiger partial charge >= 0.3 is 0 Å². The van der Waals surface area contributed by atoms with Gasteiger partial charge in [-0.1, -0.05) is 41.0 Å². The fraction of sp³-hybridized carbons (Fsp3) is 0.286. The van der Waals surface area contributed by atoms with E-state index in [9.17, 15) is 9.59 Å². The van der Waals surface area contributed by atoms with Crippen LogP contribution >= 0.6 is 35.0 Å². The maximum absolute atomic E-state index is 12.8. The van der Waals surface area contributed by atoms with E-state index in [0.29, 0.717) is 38.9 Å². The molecule has 0 aliphatic carbocycles. The molecule has 1 fully saturated rings. The lowest BCUT2D eigenvalue weighted by atomic mass is 10.2. The van der Waals surface area contributed by atoms with Gasteiger partial charge in [0.1, 0.15) is 16.7 Å². The summed E-state index contributed by atoms with van der Waals surface area (Å²) in [6.07, 6.45) is 0.0255. The summed E-state index contributed by atoms with van der Waals surface area (Å²) in [6, 6.07) is 10.4. The second kappa shape index (κ2) is 9.73. The number of benzene rings is 2. The van der Waals surface area contributed by atoms with E-state index < -0.39 is 5.25 Å². The Morgan fingerprint density at radius 2 is 1.93 bits per heavy atom. The Labute approximate surface area is 189 Å². The van der Waals surface area contributed by atoms with Crippen LogP contribution in [0, 0.1) is 6.92 Å². The molecule has 1 saturated heterocycles. The number of anilines is 1. The average molecular weight is 466 g/mol. The first-order valence-corrected chi connectivity index (χ1v) is 10.9. The number of nitrogens with one attached hydrogen (secondary N) is 1. The predicted octanol–water partition coefficient (Wildman–Crippen LogP) is 5.29. The molecule has 6 nitrogen and oxygen atoms in total. The molecule has 158 valence electrons. The molecule has 0 radical (unpaired) electrons. The van der Waals surface area contributed by atoms with Crippen LogP contribution in [-0.4, -0.2) is 40.8 Å². The zero-order valence-electron chi connectivity index (χ0n) is 16.7. The molecular formula is C21H21Cl2N3O3S. The van der Waals surface area contributed by atoms with Crippen LogP contribution in [-0.2, 0) is 9.59 Å². The number of nitrogens with zero attached hydrogens (tertiary/aromatic N) is 2. The highest BCUT2D eigenvalue weighted by Crippen LogP contribution is 2.36. The molecule has 0 bridgehead atoms. The Morgan fingerprint density at radius 1 is 1.23 bits per heavy atom. The van der Waals surface area contributed by atoms with E-state index in [1.807, 2.05) is 19.9 Å². The lowest BCUT2D eigenvalue weighted by molar-refractivity contribution is -0.128. The Bertz CT molecular complexity index is 1010. The lowest BCUT2D eigenvalue weighted by Gasteiger charge is -2.14. The minimum absolute atomic E-state index is 0.0255. The molecule has 30 heavy (non-hydrogen) atoms. The second-order valence-electron chi connectivity index (χ2n) is 6.61. The van der Waals surface area contributed by atoms with Crippen LogP contribution in [0.15, 0.2) is 41.4 Å². The monoisotopic (exact) mass is 465 g/mol. The minimum Gasteiger partial charge on any atom is -0.494 e. The topological polar surface area (TPSA) is 71.0 Å². The van der Waals surface area contributed by atoms with Gasteiger partial charge in [-0.15, -0.1) is 0 Å².